The van der Waals surface area contributed by atoms with Gasteiger partial charge in [-0.15, -0.1) is 0 Å². The molecule has 0 amide bonds. The minimum Gasteiger partial charge on any atom is -0.396 e. The Hall–Kier alpha value is -2.55. The van der Waals surface area contributed by atoms with Crippen molar-refractivity contribution in [2.45, 2.75) is 18.8 Å². The molecule has 3 aromatic rings. The molecule has 26 heavy (non-hydrogen) atoms. The fraction of sp³-hybridized carbons (Fsp3) is 0.389. The standard InChI is InChI=1S/C18H21N5O3/c19-17-14-18(21-9-20-17)23(10-22-14)15-12(6-24)13(16(15)25)8-26-7-11-4-2-1-3-5-11/h1-5,9-10,12-13,15-16,24-25H,6-8H2,(H2,19,20,21)/t12-,13+,15+,16+/m0/s1. The lowest BCUT2D eigenvalue weighted by atomic mass is 9.67. The molecule has 2 heterocycles. The van der Waals surface area contributed by atoms with E-state index in [1.54, 1.807) is 10.9 Å². The number of fused-ring (bicyclic) bond motifs is 1. The van der Waals surface area contributed by atoms with Gasteiger partial charge in [-0.1, -0.05) is 30.3 Å². The quantitative estimate of drug-likeness (QED) is 0.597. The maximum Gasteiger partial charge on any atom is 0.165 e. The minimum absolute atomic E-state index is 0.0542. The molecule has 0 radical (unpaired) electrons. The van der Waals surface area contributed by atoms with Crippen LogP contribution in [0.4, 0.5) is 5.82 Å². The van der Waals surface area contributed by atoms with Gasteiger partial charge in [-0.25, -0.2) is 15.0 Å². The third-order valence-corrected chi connectivity index (χ3v) is 5.12. The van der Waals surface area contributed by atoms with E-state index in [1.165, 1.54) is 6.33 Å². The summed E-state index contributed by atoms with van der Waals surface area (Å²) >= 11 is 0. The second-order valence-electron chi connectivity index (χ2n) is 6.58. The molecule has 4 rings (SSSR count). The predicted molar refractivity (Wildman–Crippen MR) is 94.9 cm³/mol. The molecule has 136 valence electrons. The van der Waals surface area contributed by atoms with Crippen molar-refractivity contribution < 1.29 is 14.9 Å². The summed E-state index contributed by atoms with van der Waals surface area (Å²) in [7, 11) is 0. The van der Waals surface area contributed by atoms with Gasteiger partial charge in [-0.3, -0.25) is 0 Å². The SMILES string of the molecule is Nc1ncnc2c1ncn2[C@H]1[C@H](O)[C@H](COCc2ccccc2)[C@@H]1CO. The molecule has 0 bridgehead atoms. The van der Waals surface area contributed by atoms with E-state index in [0.29, 0.717) is 30.2 Å². The topological polar surface area (TPSA) is 119 Å². The van der Waals surface area contributed by atoms with Crippen LogP contribution in [0.2, 0.25) is 0 Å². The first-order valence-electron chi connectivity index (χ1n) is 8.54. The van der Waals surface area contributed by atoms with Crippen molar-refractivity contribution in [3.05, 3.63) is 48.5 Å². The van der Waals surface area contributed by atoms with Crippen molar-refractivity contribution in [2.75, 3.05) is 18.9 Å². The number of ether oxygens (including phenoxy) is 1. The summed E-state index contributed by atoms with van der Waals surface area (Å²) in [5.74, 6) is 0.00515. The monoisotopic (exact) mass is 355 g/mol. The van der Waals surface area contributed by atoms with E-state index >= 15 is 0 Å². The summed E-state index contributed by atoms with van der Waals surface area (Å²) in [5.41, 5.74) is 7.95. The van der Waals surface area contributed by atoms with Crippen LogP contribution in [-0.2, 0) is 11.3 Å². The molecular formula is C18H21N5O3. The third-order valence-electron chi connectivity index (χ3n) is 5.12. The number of benzene rings is 1. The minimum atomic E-state index is -0.656. The Morgan fingerprint density at radius 1 is 1.12 bits per heavy atom. The van der Waals surface area contributed by atoms with Crippen molar-refractivity contribution in [2.24, 2.45) is 11.8 Å². The first-order valence-corrected chi connectivity index (χ1v) is 8.54. The number of hydrogen-bond donors (Lipinski definition) is 3. The van der Waals surface area contributed by atoms with Crippen LogP contribution >= 0.6 is 0 Å². The van der Waals surface area contributed by atoms with Crippen molar-refractivity contribution in [1.29, 1.82) is 0 Å². The van der Waals surface area contributed by atoms with Gasteiger partial charge in [0.1, 0.15) is 11.8 Å². The maximum absolute atomic E-state index is 10.7. The van der Waals surface area contributed by atoms with E-state index in [2.05, 4.69) is 15.0 Å². The number of imidazole rings is 1. The van der Waals surface area contributed by atoms with Gasteiger partial charge in [0.15, 0.2) is 11.5 Å². The van der Waals surface area contributed by atoms with Crippen LogP contribution in [0.15, 0.2) is 43.0 Å². The number of aliphatic hydroxyl groups is 2. The van der Waals surface area contributed by atoms with Crippen molar-refractivity contribution in [3.8, 4) is 0 Å². The summed E-state index contributed by atoms with van der Waals surface area (Å²) in [6.07, 6.45) is 2.30. The van der Waals surface area contributed by atoms with Gasteiger partial charge < -0.3 is 25.3 Å². The number of nitrogens with zero attached hydrogens (tertiary/aromatic N) is 4. The number of nitrogen functional groups attached to an aromatic ring is 1. The van der Waals surface area contributed by atoms with Crippen LogP contribution in [0.25, 0.3) is 11.2 Å². The number of hydrogen-bond acceptors (Lipinski definition) is 7. The highest BCUT2D eigenvalue weighted by molar-refractivity contribution is 5.81. The van der Waals surface area contributed by atoms with Crippen LogP contribution in [-0.4, -0.2) is 49.0 Å². The van der Waals surface area contributed by atoms with E-state index in [9.17, 15) is 10.2 Å². The van der Waals surface area contributed by atoms with Gasteiger partial charge in [0.05, 0.1) is 31.7 Å². The molecule has 1 aliphatic carbocycles. The lowest BCUT2D eigenvalue weighted by molar-refractivity contribution is -0.137. The van der Waals surface area contributed by atoms with Crippen LogP contribution in [0, 0.1) is 11.8 Å². The van der Waals surface area contributed by atoms with Crippen molar-refractivity contribution in [3.63, 3.8) is 0 Å². The molecule has 2 aromatic heterocycles. The van der Waals surface area contributed by atoms with Gasteiger partial charge in [-0.2, -0.15) is 0 Å². The van der Waals surface area contributed by atoms with Gasteiger partial charge in [-0.05, 0) is 5.56 Å². The number of aliphatic hydroxyl groups excluding tert-OH is 2. The van der Waals surface area contributed by atoms with Crippen LogP contribution in [0.5, 0.6) is 0 Å². The zero-order valence-corrected chi connectivity index (χ0v) is 14.1. The van der Waals surface area contributed by atoms with Crippen LogP contribution < -0.4 is 5.73 Å². The highest BCUT2D eigenvalue weighted by atomic mass is 16.5. The zero-order valence-electron chi connectivity index (χ0n) is 14.1. The summed E-state index contributed by atoms with van der Waals surface area (Å²) < 4.78 is 7.53. The van der Waals surface area contributed by atoms with E-state index in [1.807, 2.05) is 30.3 Å². The fourth-order valence-electron chi connectivity index (χ4n) is 3.68. The smallest absolute Gasteiger partial charge is 0.165 e. The van der Waals surface area contributed by atoms with E-state index in [-0.39, 0.29) is 24.5 Å². The molecule has 1 aromatic carbocycles. The Labute approximate surface area is 150 Å². The Kier molecular flexibility index (Phi) is 4.54. The highest BCUT2D eigenvalue weighted by Crippen LogP contribution is 2.45. The molecule has 8 heteroatoms. The normalized spacial score (nSPS) is 25.3. The Morgan fingerprint density at radius 2 is 1.92 bits per heavy atom. The molecule has 0 aliphatic heterocycles. The Balaban J connectivity index is 1.46. The van der Waals surface area contributed by atoms with Gasteiger partial charge in [0, 0.05) is 18.4 Å². The molecule has 1 fully saturated rings. The molecule has 1 aliphatic rings. The average Bonchev–Trinajstić information content (AvgIpc) is 3.08. The van der Waals surface area contributed by atoms with Gasteiger partial charge in [0.25, 0.3) is 0 Å². The summed E-state index contributed by atoms with van der Waals surface area (Å²) in [6, 6.07) is 9.54. The summed E-state index contributed by atoms with van der Waals surface area (Å²) in [5, 5.41) is 20.5. The van der Waals surface area contributed by atoms with Gasteiger partial charge >= 0.3 is 0 Å². The molecule has 1 saturated carbocycles. The molecule has 4 atom stereocenters. The number of aromatic nitrogens is 4. The number of rotatable bonds is 6. The lowest BCUT2D eigenvalue weighted by Gasteiger charge is -2.48. The summed E-state index contributed by atoms with van der Waals surface area (Å²) in [6.45, 7) is 0.799. The fourth-order valence-corrected chi connectivity index (χ4v) is 3.68. The Bertz CT molecular complexity index is 885. The lowest BCUT2D eigenvalue weighted by Crippen LogP contribution is -2.55. The molecule has 0 spiro atoms. The first-order chi connectivity index (χ1) is 12.7. The molecular weight excluding hydrogens is 334 g/mol. The van der Waals surface area contributed by atoms with E-state index in [4.69, 9.17) is 10.5 Å². The predicted octanol–water partition coefficient (Wildman–Crippen LogP) is 0.766. The largest absolute Gasteiger partial charge is 0.396 e. The van der Waals surface area contributed by atoms with Crippen LogP contribution in [0.1, 0.15) is 11.6 Å². The van der Waals surface area contributed by atoms with E-state index in [0.717, 1.165) is 5.56 Å². The molecule has 4 N–H and O–H groups in total. The highest BCUT2D eigenvalue weighted by Gasteiger charge is 2.50. The number of nitrogens with two attached hydrogens (primary N) is 1. The van der Waals surface area contributed by atoms with Crippen LogP contribution in [0.3, 0.4) is 0 Å². The maximum atomic E-state index is 10.7. The third kappa shape index (κ3) is 2.82. The van der Waals surface area contributed by atoms with Crippen molar-refractivity contribution >= 4 is 17.0 Å². The summed E-state index contributed by atoms with van der Waals surface area (Å²) in [4.78, 5) is 12.4. The second-order valence-corrected chi connectivity index (χ2v) is 6.58. The second kappa shape index (κ2) is 6.99. The number of anilines is 1. The zero-order chi connectivity index (χ0) is 18.1. The first kappa shape index (κ1) is 16.9. The van der Waals surface area contributed by atoms with E-state index < -0.39 is 6.10 Å². The Morgan fingerprint density at radius 3 is 2.69 bits per heavy atom. The van der Waals surface area contributed by atoms with Crippen molar-refractivity contribution in [1.82, 2.24) is 19.5 Å². The molecule has 0 unspecified atom stereocenters. The average molecular weight is 355 g/mol. The molecule has 8 nitrogen and oxygen atoms in total. The molecule has 0 saturated heterocycles. The van der Waals surface area contributed by atoms with Gasteiger partial charge in [0.2, 0.25) is 0 Å².